The van der Waals surface area contributed by atoms with Gasteiger partial charge in [0.25, 0.3) is 0 Å². The molecule has 0 spiro atoms. The minimum atomic E-state index is 0.214. The Morgan fingerprint density at radius 1 is 0.769 bits per heavy atom. The first kappa shape index (κ1) is 10.4. The molecule has 0 saturated heterocycles. The highest BCUT2D eigenvalue weighted by atomic mass is 15.2. The van der Waals surface area contributed by atoms with Crippen molar-refractivity contribution in [1.29, 1.82) is 0 Å². The van der Waals surface area contributed by atoms with E-state index in [1.165, 1.54) is 11.4 Å². The molecule has 2 nitrogen and oxygen atoms in total. The van der Waals surface area contributed by atoms with Gasteiger partial charge >= 0.3 is 0 Å². The van der Waals surface area contributed by atoms with E-state index in [2.05, 4.69) is 52.2 Å². The highest BCUT2D eigenvalue weighted by Crippen LogP contribution is 2.34. The molecule has 0 aromatic carbocycles. The molecule has 0 unspecified atom stereocenters. The standard InChI is InChI=1S/C11H22N2/c1-10(2,3)8-9(11(4,5)6)13-7-12-8/h12-13H,7H2,1-6H3. The molecular formula is C11H22N2. The van der Waals surface area contributed by atoms with Crippen molar-refractivity contribution in [2.75, 3.05) is 6.67 Å². The first-order valence-electron chi connectivity index (χ1n) is 4.96. The quantitative estimate of drug-likeness (QED) is 0.601. The van der Waals surface area contributed by atoms with Crippen molar-refractivity contribution in [1.82, 2.24) is 10.6 Å². The SMILES string of the molecule is CC(C)(C)C1=C(C(C)(C)C)NCN1. The molecule has 0 amide bonds. The van der Waals surface area contributed by atoms with Crippen molar-refractivity contribution in [3.8, 4) is 0 Å². The molecular weight excluding hydrogens is 160 g/mol. The Morgan fingerprint density at radius 2 is 1.08 bits per heavy atom. The van der Waals surface area contributed by atoms with E-state index in [1.807, 2.05) is 0 Å². The van der Waals surface area contributed by atoms with Crippen LogP contribution in [0.15, 0.2) is 11.4 Å². The Morgan fingerprint density at radius 3 is 1.31 bits per heavy atom. The zero-order valence-electron chi connectivity index (χ0n) is 9.71. The van der Waals surface area contributed by atoms with Gasteiger partial charge in [-0.05, 0) is 0 Å². The van der Waals surface area contributed by atoms with Gasteiger partial charge in [-0.15, -0.1) is 0 Å². The summed E-state index contributed by atoms with van der Waals surface area (Å²) in [5, 5.41) is 6.84. The number of nitrogens with one attached hydrogen (secondary N) is 2. The largest absolute Gasteiger partial charge is 0.369 e. The normalized spacial score (nSPS) is 18.6. The highest BCUT2D eigenvalue weighted by Gasteiger charge is 2.30. The second kappa shape index (κ2) is 2.93. The summed E-state index contributed by atoms with van der Waals surface area (Å²) in [6.07, 6.45) is 0. The van der Waals surface area contributed by atoms with Crippen molar-refractivity contribution < 1.29 is 0 Å². The zero-order chi connectivity index (χ0) is 10.3. The third kappa shape index (κ3) is 2.17. The highest BCUT2D eigenvalue weighted by molar-refractivity contribution is 5.25. The van der Waals surface area contributed by atoms with E-state index in [0.29, 0.717) is 0 Å². The maximum Gasteiger partial charge on any atom is 0.0845 e. The molecule has 0 atom stereocenters. The molecule has 13 heavy (non-hydrogen) atoms. The zero-order valence-corrected chi connectivity index (χ0v) is 9.71. The lowest BCUT2D eigenvalue weighted by Crippen LogP contribution is -2.23. The molecule has 0 saturated carbocycles. The summed E-state index contributed by atoms with van der Waals surface area (Å²) in [6, 6.07) is 0. The van der Waals surface area contributed by atoms with Gasteiger partial charge in [0, 0.05) is 22.2 Å². The summed E-state index contributed by atoms with van der Waals surface area (Å²) in [4.78, 5) is 0. The Balaban J connectivity index is 3.04. The van der Waals surface area contributed by atoms with Gasteiger partial charge in [-0.3, -0.25) is 0 Å². The summed E-state index contributed by atoms with van der Waals surface area (Å²) >= 11 is 0. The molecule has 2 N–H and O–H groups in total. The summed E-state index contributed by atoms with van der Waals surface area (Å²) < 4.78 is 0. The summed E-state index contributed by atoms with van der Waals surface area (Å²) in [6.45, 7) is 14.3. The maximum atomic E-state index is 3.42. The second-order valence-corrected chi connectivity index (χ2v) is 5.78. The van der Waals surface area contributed by atoms with Gasteiger partial charge < -0.3 is 10.6 Å². The summed E-state index contributed by atoms with van der Waals surface area (Å²) in [7, 11) is 0. The van der Waals surface area contributed by atoms with Crippen LogP contribution < -0.4 is 10.6 Å². The molecule has 1 aliphatic heterocycles. The molecule has 0 aromatic rings. The van der Waals surface area contributed by atoms with Crippen LogP contribution >= 0.6 is 0 Å². The van der Waals surface area contributed by atoms with Crippen LogP contribution in [0.5, 0.6) is 0 Å². The van der Waals surface area contributed by atoms with Crippen LogP contribution in [0, 0.1) is 10.8 Å². The maximum absolute atomic E-state index is 3.42. The number of allylic oxidation sites excluding steroid dienone is 2. The van der Waals surface area contributed by atoms with E-state index < -0.39 is 0 Å². The van der Waals surface area contributed by atoms with E-state index in [9.17, 15) is 0 Å². The van der Waals surface area contributed by atoms with Gasteiger partial charge in [0.1, 0.15) is 0 Å². The average molecular weight is 182 g/mol. The molecule has 0 aliphatic carbocycles. The predicted molar refractivity (Wildman–Crippen MR) is 57.1 cm³/mol. The van der Waals surface area contributed by atoms with Crippen molar-refractivity contribution in [3.05, 3.63) is 11.4 Å². The van der Waals surface area contributed by atoms with Crippen molar-refractivity contribution in [2.24, 2.45) is 10.8 Å². The van der Waals surface area contributed by atoms with Crippen molar-refractivity contribution in [2.45, 2.75) is 41.5 Å². The summed E-state index contributed by atoms with van der Waals surface area (Å²) in [5.41, 5.74) is 3.15. The van der Waals surface area contributed by atoms with Gasteiger partial charge in [0.2, 0.25) is 0 Å². The lowest BCUT2D eigenvalue weighted by Gasteiger charge is -2.27. The van der Waals surface area contributed by atoms with Gasteiger partial charge in [-0.2, -0.15) is 0 Å². The first-order chi connectivity index (χ1) is 5.73. The third-order valence-corrected chi connectivity index (χ3v) is 2.28. The molecule has 2 heteroatoms. The lowest BCUT2D eigenvalue weighted by atomic mass is 9.83. The van der Waals surface area contributed by atoms with Crippen LogP contribution in [0.4, 0.5) is 0 Å². The number of rotatable bonds is 0. The predicted octanol–water partition coefficient (Wildman–Crippen LogP) is 2.44. The van der Waals surface area contributed by atoms with Crippen LogP contribution in [0.25, 0.3) is 0 Å². The molecule has 76 valence electrons. The van der Waals surface area contributed by atoms with Crippen LogP contribution in [-0.4, -0.2) is 6.67 Å². The van der Waals surface area contributed by atoms with Crippen molar-refractivity contribution >= 4 is 0 Å². The van der Waals surface area contributed by atoms with Gasteiger partial charge in [-0.25, -0.2) is 0 Å². The lowest BCUT2D eigenvalue weighted by molar-refractivity contribution is 0.432. The van der Waals surface area contributed by atoms with E-state index in [1.54, 1.807) is 0 Å². The monoisotopic (exact) mass is 182 g/mol. The fourth-order valence-corrected chi connectivity index (χ4v) is 1.68. The van der Waals surface area contributed by atoms with Crippen LogP contribution in [0.1, 0.15) is 41.5 Å². The van der Waals surface area contributed by atoms with Gasteiger partial charge in [0.05, 0.1) is 6.67 Å². The summed E-state index contributed by atoms with van der Waals surface area (Å²) in [5.74, 6) is 0. The van der Waals surface area contributed by atoms with E-state index in [4.69, 9.17) is 0 Å². The molecule has 0 radical (unpaired) electrons. The Labute approximate surface area is 81.8 Å². The first-order valence-corrected chi connectivity index (χ1v) is 4.96. The topological polar surface area (TPSA) is 24.1 Å². The molecule has 0 bridgehead atoms. The second-order valence-electron chi connectivity index (χ2n) is 5.78. The van der Waals surface area contributed by atoms with Gasteiger partial charge in [-0.1, -0.05) is 41.5 Å². The average Bonchev–Trinajstić information content (AvgIpc) is 2.27. The Hall–Kier alpha value is -0.660. The molecule has 1 rings (SSSR count). The Kier molecular flexibility index (Phi) is 2.35. The van der Waals surface area contributed by atoms with E-state index in [-0.39, 0.29) is 10.8 Å². The molecule has 0 fully saturated rings. The van der Waals surface area contributed by atoms with E-state index >= 15 is 0 Å². The fourth-order valence-electron chi connectivity index (χ4n) is 1.68. The Bertz CT molecular complexity index is 201. The minimum Gasteiger partial charge on any atom is -0.369 e. The van der Waals surface area contributed by atoms with Gasteiger partial charge in [0.15, 0.2) is 0 Å². The fraction of sp³-hybridized carbons (Fsp3) is 0.818. The minimum absolute atomic E-state index is 0.214. The molecule has 0 aromatic heterocycles. The van der Waals surface area contributed by atoms with Crippen LogP contribution in [-0.2, 0) is 0 Å². The number of hydrogen-bond acceptors (Lipinski definition) is 2. The van der Waals surface area contributed by atoms with E-state index in [0.717, 1.165) is 6.67 Å². The smallest absolute Gasteiger partial charge is 0.0845 e. The molecule has 1 aliphatic rings. The van der Waals surface area contributed by atoms with Crippen molar-refractivity contribution in [3.63, 3.8) is 0 Å². The molecule has 1 heterocycles. The van der Waals surface area contributed by atoms with Crippen LogP contribution in [0.3, 0.4) is 0 Å². The third-order valence-electron chi connectivity index (χ3n) is 2.28. The number of hydrogen-bond donors (Lipinski definition) is 2. The van der Waals surface area contributed by atoms with Crippen LogP contribution in [0.2, 0.25) is 0 Å².